The molecule has 0 aliphatic carbocycles. The van der Waals surface area contributed by atoms with Crippen LogP contribution < -0.4 is 14.5 Å². The van der Waals surface area contributed by atoms with E-state index < -0.39 is 0 Å². The summed E-state index contributed by atoms with van der Waals surface area (Å²) in [6, 6.07) is 64.7. The molecule has 0 saturated carbocycles. The number of furan rings is 1. The first-order valence-corrected chi connectivity index (χ1v) is 28.3. The molecule has 1 aliphatic rings. The smallest absolute Gasteiger partial charge is 0.136 e. The predicted molar refractivity (Wildman–Crippen MR) is 336 cm³/mol. The number of nitrogens with zero attached hydrogens (tertiary/aromatic N) is 4. The van der Waals surface area contributed by atoms with Crippen molar-refractivity contribution < 1.29 is 30.2 Å². The fourth-order valence-electron chi connectivity index (χ4n) is 11.3. The van der Waals surface area contributed by atoms with Gasteiger partial charge in [-0.3, -0.25) is 0 Å². The second kappa shape index (κ2) is 19.9. The van der Waals surface area contributed by atoms with Crippen molar-refractivity contribution in [2.75, 3.05) is 9.80 Å². The van der Waals surface area contributed by atoms with Gasteiger partial charge in [-0.25, -0.2) is 4.98 Å². The van der Waals surface area contributed by atoms with Crippen LogP contribution in [0.15, 0.2) is 168 Å². The van der Waals surface area contributed by atoms with Crippen molar-refractivity contribution in [3.05, 3.63) is 211 Å². The average Bonchev–Trinajstić information content (AvgIpc) is 4.12. The Kier molecular flexibility index (Phi) is 13.7. The number of pyridine rings is 1. The first-order valence-electron chi connectivity index (χ1n) is 28.3. The van der Waals surface area contributed by atoms with Crippen LogP contribution >= 0.6 is 0 Å². The molecule has 81 heavy (non-hydrogen) atoms. The van der Waals surface area contributed by atoms with Crippen molar-refractivity contribution in [1.82, 2.24) is 9.55 Å². The van der Waals surface area contributed by atoms with Gasteiger partial charge >= 0.3 is 0 Å². The zero-order chi connectivity index (χ0) is 56.4. The summed E-state index contributed by atoms with van der Waals surface area (Å²) in [7, 11) is 0. The fourth-order valence-corrected chi connectivity index (χ4v) is 11.3. The zero-order valence-corrected chi connectivity index (χ0v) is 51.9. The Balaban J connectivity index is 0.00000690. The fraction of sp³-hybridized carbons (Fsp3) is 0.270. The number of fused-ring (bicyclic) bond motifs is 8. The van der Waals surface area contributed by atoms with Crippen LogP contribution in [0.25, 0.3) is 71.8 Å². The van der Waals surface area contributed by atoms with Gasteiger partial charge in [0.25, 0.3) is 0 Å². The normalized spacial score (nSPS) is 13.4. The second-order valence-electron chi connectivity index (χ2n) is 27.2. The summed E-state index contributed by atoms with van der Waals surface area (Å²) in [5.74, 6) is 1.91. The third kappa shape index (κ3) is 10.2. The van der Waals surface area contributed by atoms with Gasteiger partial charge in [-0.1, -0.05) is 212 Å². The molecule has 0 fully saturated rings. The van der Waals surface area contributed by atoms with Crippen LogP contribution in [-0.2, 0) is 48.1 Å². The maximum absolute atomic E-state index is 6.86. The Morgan fingerprint density at radius 2 is 1.02 bits per heavy atom. The predicted octanol–water partition coefficient (Wildman–Crippen LogP) is 20.7. The summed E-state index contributed by atoms with van der Waals surface area (Å²) in [6.45, 7) is 36.8. The van der Waals surface area contributed by atoms with E-state index in [-0.39, 0.29) is 48.1 Å². The molecule has 0 saturated heterocycles. The molecule has 0 atom stereocenters. The number of para-hydroxylation sites is 3. The van der Waals surface area contributed by atoms with Crippen molar-refractivity contribution in [2.45, 2.75) is 131 Å². The minimum Gasteiger partial charge on any atom is -0.509 e. The Morgan fingerprint density at radius 3 is 1.62 bits per heavy atom. The van der Waals surface area contributed by atoms with Crippen LogP contribution in [0, 0.1) is 18.8 Å². The van der Waals surface area contributed by atoms with Crippen LogP contribution in [0.3, 0.4) is 0 Å². The van der Waals surface area contributed by atoms with E-state index >= 15 is 0 Å². The van der Waals surface area contributed by atoms with E-state index in [1.54, 1.807) is 0 Å². The van der Waals surface area contributed by atoms with Crippen LogP contribution in [0.4, 0.5) is 22.7 Å². The van der Waals surface area contributed by atoms with Crippen molar-refractivity contribution in [3.63, 3.8) is 0 Å². The minimum absolute atomic E-state index is 0. The molecule has 0 spiro atoms. The Hall–Kier alpha value is -7.40. The molecule has 3 aromatic heterocycles. The molecule has 7 heteroatoms. The largest absolute Gasteiger partial charge is 0.509 e. The second-order valence-corrected chi connectivity index (χ2v) is 27.2. The first-order chi connectivity index (χ1) is 37.8. The van der Waals surface area contributed by atoms with Gasteiger partial charge < -0.3 is 23.5 Å². The maximum Gasteiger partial charge on any atom is 0.136 e. The molecule has 0 N–H and O–H groups in total. The van der Waals surface area contributed by atoms with E-state index in [1.165, 1.54) is 38.9 Å². The molecule has 12 rings (SSSR count). The molecular weight excluding hydrogens is 1170 g/mol. The van der Waals surface area contributed by atoms with Gasteiger partial charge in [-0.2, -0.15) is 12.1 Å². The average molecular weight is 1250 g/mol. The number of ether oxygens (including phenoxy) is 1. The number of anilines is 4. The van der Waals surface area contributed by atoms with Crippen molar-refractivity contribution in [3.8, 4) is 39.6 Å². The molecule has 6 nitrogen and oxygen atoms in total. The zero-order valence-electron chi connectivity index (χ0n) is 49.6. The summed E-state index contributed by atoms with van der Waals surface area (Å²) in [4.78, 5) is 9.67. The monoisotopic (exact) mass is 1240 g/mol. The van der Waals surface area contributed by atoms with Gasteiger partial charge in [0.05, 0.1) is 10.9 Å². The molecular formula is C74H73N4O2Pt-3. The van der Waals surface area contributed by atoms with Crippen molar-refractivity contribution >= 4 is 66.5 Å². The number of hydrogen-bond donors (Lipinski definition) is 0. The van der Waals surface area contributed by atoms with Gasteiger partial charge in [0, 0.05) is 67.0 Å². The molecule has 414 valence electrons. The van der Waals surface area contributed by atoms with Gasteiger partial charge in [0.15, 0.2) is 0 Å². The SMILES string of the molecule is CC(C)(C)c1cc(-c2cccc(-c3cc(C(C)(C)C)cc(C(C)(C)C)c3)c2N2[CH-]N(c3[c-]c(Oc4[c-]c5c(cc4)c4oc6ccc7ccccc7c6c4n5-c4cc(C(C)(C)C)ccn4)ccc3)c3ccccc32)cc(C(C)(C)C)c1.[Pt]. The number of rotatable bonds is 7. The summed E-state index contributed by atoms with van der Waals surface area (Å²) < 4.78 is 15.9. The maximum atomic E-state index is 6.86. The van der Waals surface area contributed by atoms with Crippen molar-refractivity contribution in [2.24, 2.45) is 0 Å². The van der Waals surface area contributed by atoms with Crippen LogP contribution in [0.1, 0.15) is 132 Å². The Labute approximate surface area is 494 Å². The standard InChI is InChI=1S/C74H73N4O2.Pt/c1-70(2,3)49-34-35-75-65(42-49)78-63-44-56(31-32-60(63)69-68(78)66-57-25-17-16-22-46(57)30-33-64(66)80-69)79-55-24-20-23-54(43-55)76-45-77(62-29-19-18-28-61(62)76)67-58(47-36-50(71(4,5)6)40-51(37-47)72(7,8)9)26-21-27-59(67)48-38-52(73(10,11)12)41-53(39-48)74(13,14)15;/h16-42,45H,1-15H3;/q-3;. The molecule has 1 aliphatic heterocycles. The molecule has 11 aromatic rings. The molecule has 0 bridgehead atoms. The van der Waals surface area contributed by atoms with Crippen LogP contribution in [-0.4, -0.2) is 9.55 Å². The summed E-state index contributed by atoms with van der Waals surface area (Å²) in [5.41, 5.74) is 18.2. The molecule has 0 amide bonds. The van der Waals surface area contributed by atoms with Crippen LogP contribution in [0.5, 0.6) is 11.5 Å². The molecule has 0 radical (unpaired) electrons. The topological polar surface area (TPSA) is 46.7 Å². The van der Waals surface area contributed by atoms with E-state index in [0.717, 1.165) is 83.4 Å². The summed E-state index contributed by atoms with van der Waals surface area (Å²) in [6.07, 6.45) is 1.91. The summed E-state index contributed by atoms with van der Waals surface area (Å²) in [5, 5.41) is 4.23. The van der Waals surface area contributed by atoms with Gasteiger partial charge in [0.2, 0.25) is 0 Å². The van der Waals surface area contributed by atoms with Crippen molar-refractivity contribution in [1.29, 1.82) is 0 Å². The number of hydrogen-bond acceptors (Lipinski definition) is 5. The molecule has 0 unspecified atom stereocenters. The number of benzene rings is 8. The minimum atomic E-state index is -0.0951. The van der Waals surface area contributed by atoms with E-state index in [4.69, 9.17) is 14.1 Å². The third-order valence-corrected chi connectivity index (χ3v) is 16.1. The summed E-state index contributed by atoms with van der Waals surface area (Å²) >= 11 is 0. The van der Waals surface area contributed by atoms with E-state index in [1.807, 2.05) is 24.4 Å². The van der Waals surface area contributed by atoms with E-state index in [9.17, 15) is 0 Å². The van der Waals surface area contributed by atoms with Gasteiger partial charge in [-0.05, 0) is 107 Å². The molecule has 4 heterocycles. The van der Waals surface area contributed by atoms with Gasteiger partial charge in [-0.15, -0.1) is 42.7 Å². The first kappa shape index (κ1) is 55.5. The third-order valence-electron chi connectivity index (χ3n) is 16.1. The van der Waals surface area contributed by atoms with E-state index in [2.05, 4.69) is 277 Å². The Bertz CT molecular complexity index is 4080. The van der Waals surface area contributed by atoms with E-state index in [0.29, 0.717) is 11.5 Å². The quantitative estimate of drug-likeness (QED) is 0.149. The van der Waals surface area contributed by atoms with Gasteiger partial charge in [0.1, 0.15) is 17.0 Å². The Morgan fingerprint density at radius 1 is 0.481 bits per heavy atom. The van der Waals surface area contributed by atoms with Crippen LogP contribution in [0.2, 0.25) is 0 Å². The molecule has 8 aromatic carbocycles. The number of aromatic nitrogens is 2.